The van der Waals surface area contributed by atoms with E-state index in [4.69, 9.17) is 0 Å². The van der Waals surface area contributed by atoms with E-state index < -0.39 is 6.17 Å². The van der Waals surface area contributed by atoms with Gasteiger partial charge in [0.15, 0.2) is 0 Å². The van der Waals surface area contributed by atoms with Crippen molar-refractivity contribution in [2.24, 2.45) is 0 Å². The van der Waals surface area contributed by atoms with Crippen LogP contribution in [0.5, 0.6) is 0 Å². The summed E-state index contributed by atoms with van der Waals surface area (Å²) in [5.74, 6) is 0. The molecule has 1 atom stereocenters. The average Bonchev–Trinajstić information content (AvgIpc) is 2.82. The van der Waals surface area contributed by atoms with Gasteiger partial charge in [0.2, 0.25) is 0 Å². The minimum Gasteiger partial charge on any atom is -0.306 e. The van der Waals surface area contributed by atoms with Gasteiger partial charge in [-0.15, -0.1) is 0 Å². The highest BCUT2D eigenvalue weighted by Gasteiger charge is 2.04. The molecule has 76 valence electrons. The summed E-state index contributed by atoms with van der Waals surface area (Å²) in [6.07, 6.45) is 5.44. The Bertz CT molecular complexity index is 431. The van der Waals surface area contributed by atoms with Crippen LogP contribution < -0.4 is 0 Å². The Kier molecular flexibility index (Phi) is 2.63. The second-order valence-electron chi connectivity index (χ2n) is 3.20. The predicted molar refractivity (Wildman–Crippen MR) is 57.6 cm³/mol. The molecule has 0 saturated carbocycles. The lowest BCUT2D eigenvalue weighted by Crippen LogP contribution is -1.91. The quantitative estimate of drug-likeness (QED) is 0.699. The number of allylic oxidation sites excluding steroid dienone is 1. The molecule has 0 spiro atoms. The Hall–Kier alpha value is -1.90. The largest absolute Gasteiger partial charge is 0.306 e. The van der Waals surface area contributed by atoms with E-state index in [2.05, 4.69) is 11.6 Å². The van der Waals surface area contributed by atoms with Crippen LogP contribution in [0.1, 0.15) is 11.7 Å². The van der Waals surface area contributed by atoms with Crippen molar-refractivity contribution in [2.45, 2.75) is 6.17 Å². The Balaban J connectivity index is 2.28. The molecule has 1 aromatic heterocycles. The van der Waals surface area contributed by atoms with E-state index in [1.807, 2.05) is 22.9 Å². The third kappa shape index (κ3) is 1.96. The first-order valence-corrected chi connectivity index (χ1v) is 4.66. The van der Waals surface area contributed by atoms with E-state index in [0.29, 0.717) is 5.56 Å². The second kappa shape index (κ2) is 4.09. The Morgan fingerprint density at radius 1 is 1.33 bits per heavy atom. The molecule has 1 aromatic carbocycles. The summed E-state index contributed by atoms with van der Waals surface area (Å²) in [4.78, 5) is 3.94. The number of imidazole rings is 1. The van der Waals surface area contributed by atoms with Gasteiger partial charge in [-0.25, -0.2) is 9.37 Å². The molecule has 0 aliphatic rings. The van der Waals surface area contributed by atoms with Gasteiger partial charge in [-0.1, -0.05) is 24.8 Å². The van der Waals surface area contributed by atoms with E-state index in [-0.39, 0.29) is 0 Å². The van der Waals surface area contributed by atoms with Crippen LogP contribution >= 0.6 is 0 Å². The minimum absolute atomic E-state index is 0.619. The van der Waals surface area contributed by atoms with Gasteiger partial charge < -0.3 is 4.57 Å². The van der Waals surface area contributed by atoms with Crippen LogP contribution in [0.4, 0.5) is 4.39 Å². The highest BCUT2D eigenvalue weighted by atomic mass is 19.1. The Morgan fingerprint density at radius 2 is 2.07 bits per heavy atom. The third-order valence-corrected chi connectivity index (χ3v) is 2.22. The molecular formula is C12H11FN2. The smallest absolute Gasteiger partial charge is 0.143 e. The summed E-state index contributed by atoms with van der Waals surface area (Å²) in [5.41, 5.74) is 1.58. The monoisotopic (exact) mass is 202 g/mol. The van der Waals surface area contributed by atoms with Crippen molar-refractivity contribution >= 4 is 0 Å². The Morgan fingerprint density at radius 3 is 2.60 bits per heavy atom. The number of aromatic nitrogens is 2. The third-order valence-electron chi connectivity index (χ3n) is 2.22. The molecule has 2 rings (SSSR count). The maximum atomic E-state index is 13.2. The van der Waals surface area contributed by atoms with Gasteiger partial charge in [0.1, 0.15) is 6.17 Å². The summed E-state index contributed by atoms with van der Waals surface area (Å²) >= 11 is 0. The fraction of sp³-hybridized carbons (Fsp3) is 0.0833. The fourth-order valence-electron chi connectivity index (χ4n) is 1.38. The molecule has 0 aliphatic heterocycles. The van der Waals surface area contributed by atoms with Gasteiger partial charge in [-0.3, -0.25) is 0 Å². The van der Waals surface area contributed by atoms with Crippen LogP contribution in [-0.4, -0.2) is 9.55 Å². The minimum atomic E-state index is -1.10. The average molecular weight is 202 g/mol. The number of alkyl halides is 1. The number of hydrogen-bond donors (Lipinski definition) is 0. The summed E-state index contributed by atoms with van der Waals surface area (Å²) in [5, 5.41) is 0. The van der Waals surface area contributed by atoms with Gasteiger partial charge in [0.05, 0.1) is 6.33 Å². The van der Waals surface area contributed by atoms with E-state index in [1.54, 1.807) is 24.7 Å². The number of rotatable bonds is 3. The summed E-state index contributed by atoms with van der Waals surface area (Å²) in [6.45, 7) is 3.42. The molecular weight excluding hydrogens is 191 g/mol. The van der Waals surface area contributed by atoms with Crippen molar-refractivity contribution in [3.63, 3.8) is 0 Å². The number of hydrogen-bond acceptors (Lipinski definition) is 1. The maximum Gasteiger partial charge on any atom is 0.143 e. The van der Waals surface area contributed by atoms with Crippen LogP contribution in [0.2, 0.25) is 0 Å². The standard InChI is InChI=1S/C12H11FN2/c1-2-12(13)10-3-5-11(6-4-10)15-8-7-14-9-15/h2-9,12H,1H2. The first-order chi connectivity index (χ1) is 7.31. The highest BCUT2D eigenvalue weighted by molar-refractivity contribution is 5.36. The topological polar surface area (TPSA) is 17.8 Å². The molecule has 15 heavy (non-hydrogen) atoms. The number of nitrogens with zero attached hydrogens (tertiary/aromatic N) is 2. The van der Waals surface area contributed by atoms with Gasteiger partial charge >= 0.3 is 0 Å². The molecule has 3 heteroatoms. The first-order valence-electron chi connectivity index (χ1n) is 4.66. The van der Waals surface area contributed by atoms with Gasteiger partial charge in [0.25, 0.3) is 0 Å². The molecule has 0 radical (unpaired) electrons. The maximum absolute atomic E-state index is 13.2. The molecule has 0 aliphatic carbocycles. The molecule has 2 aromatic rings. The zero-order chi connectivity index (χ0) is 10.7. The summed E-state index contributed by atoms with van der Waals surface area (Å²) in [7, 11) is 0. The van der Waals surface area contributed by atoms with Crippen LogP contribution in [0, 0.1) is 0 Å². The van der Waals surface area contributed by atoms with Crippen LogP contribution in [0.15, 0.2) is 55.6 Å². The van der Waals surface area contributed by atoms with Crippen molar-refractivity contribution in [2.75, 3.05) is 0 Å². The molecule has 1 heterocycles. The zero-order valence-corrected chi connectivity index (χ0v) is 8.18. The summed E-state index contributed by atoms with van der Waals surface area (Å²) < 4.78 is 15.1. The molecule has 2 nitrogen and oxygen atoms in total. The Labute approximate surface area is 87.7 Å². The van der Waals surface area contributed by atoms with E-state index >= 15 is 0 Å². The zero-order valence-electron chi connectivity index (χ0n) is 8.18. The van der Waals surface area contributed by atoms with Gasteiger partial charge in [-0.2, -0.15) is 0 Å². The first kappa shape index (κ1) is 9.65. The fourth-order valence-corrected chi connectivity index (χ4v) is 1.38. The second-order valence-corrected chi connectivity index (χ2v) is 3.20. The lowest BCUT2D eigenvalue weighted by molar-refractivity contribution is 0.415. The molecule has 0 bridgehead atoms. The van der Waals surface area contributed by atoms with Crippen molar-refractivity contribution in [1.29, 1.82) is 0 Å². The normalized spacial score (nSPS) is 12.3. The molecule has 0 N–H and O–H groups in total. The molecule has 0 saturated heterocycles. The van der Waals surface area contributed by atoms with Crippen LogP contribution in [0.3, 0.4) is 0 Å². The van der Waals surface area contributed by atoms with Crippen LogP contribution in [-0.2, 0) is 0 Å². The molecule has 1 unspecified atom stereocenters. The number of benzene rings is 1. The SMILES string of the molecule is C=CC(F)c1ccc(-n2ccnc2)cc1. The van der Waals surface area contributed by atoms with Gasteiger partial charge in [-0.05, 0) is 17.7 Å². The van der Waals surface area contributed by atoms with Crippen molar-refractivity contribution in [3.8, 4) is 5.69 Å². The lowest BCUT2D eigenvalue weighted by Gasteiger charge is -2.05. The summed E-state index contributed by atoms with van der Waals surface area (Å²) in [6, 6.07) is 7.21. The van der Waals surface area contributed by atoms with E-state index in [9.17, 15) is 4.39 Å². The van der Waals surface area contributed by atoms with Crippen molar-refractivity contribution in [1.82, 2.24) is 9.55 Å². The lowest BCUT2D eigenvalue weighted by atomic mass is 10.1. The number of halogens is 1. The van der Waals surface area contributed by atoms with E-state index in [1.165, 1.54) is 6.08 Å². The molecule has 0 amide bonds. The van der Waals surface area contributed by atoms with E-state index in [0.717, 1.165) is 5.69 Å². The van der Waals surface area contributed by atoms with Gasteiger partial charge in [0, 0.05) is 18.1 Å². The highest BCUT2D eigenvalue weighted by Crippen LogP contribution is 2.19. The van der Waals surface area contributed by atoms with Crippen molar-refractivity contribution < 1.29 is 4.39 Å². The predicted octanol–water partition coefficient (Wildman–Crippen LogP) is 3.07. The van der Waals surface area contributed by atoms with Crippen LogP contribution in [0.25, 0.3) is 5.69 Å². The van der Waals surface area contributed by atoms with Crippen molar-refractivity contribution in [3.05, 3.63) is 61.2 Å². The molecule has 0 fully saturated rings.